The smallest absolute Gasteiger partial charge is 0.285 e. The van der Waals surface area contributed by atoms with Gasteiger partial charge < -0.3 is 18.9 Å². The second-order valence-electron chi connectivity index (χ2n) is 14.9. The zero-order chi connectivity index (χ0) is 34.9. The largest absolute Gasteiger partial charge is 0.490 e. The Labute approximate surface area is 296 Å². The highest BCUT2D eigenvalue weighted by atomic mass is 32.2. The van der Waals surface area contributed by atoms with Gasteiger partial charge in [0, 0.05) is 69.2 Å². The van der Waals surface area contributed by atoms with E-state index in [-0.39, 0.29) is 35.2 Å². The minimum absolute atomic E-state index is 0.00801. The summed E-state index contributed by atoms with van der Waals surface area (Å²) in [7, 11) is 0.516. The first kappa shape index (κ1) is 34.7. The van der Waals surface area contributed by atoms with Gasteiger partial charge in [0.25, 0.3) is 5.91 Å². The zero-order valence-corrected chi connectivity index (χ0v) is 30.5. The molecule has 2 aliphatic carbocycles. The number of benzene rings is 2. The average molecular weight is 699 g/mol. The Kier molecular flexibility index (Phi) is 10.0. The molecule has 0 saturated heterocycles. The maximum Gasteiger partial charge on any atom is 0.285 e. The number of imidazole rings is 1. The van der Waals surface area contributed by atoms with E-state index in [0.717, 1.165) is 62.5 Å². The number of hydrogen-bond donors (Lipinski definition) is 0. The molecule has 0 radical (unpaired) electrons. The van der Waals surface area contributed by atoms with Gasteiger partial charge in [-0.3, -0.25) is 9.59 Å². The first-order chi connectivity index (χ1) is 24.1. The summed E-state index contributed by atoms with van der Waals surface area (Å²) < 4.78 is 33.3. The molecular formula is C40H50N4O5S. The Morgan fingerprint density at radius 2 is 2.04 bits per heavy atom. The van der Waals surface area contributed by atoms with Gasteiger partial charge >= 0.3 is 0 Å². The van der Waals surface area contributed by atoms with E-state index in [9.17, 15) is 13.8 Å². The van der Waals surface area contributed by atoms with Gasteiger partial charge in [-0.25, -0.2) is 9.19 Å². The molecule has 2 aliphatic heterocycles. The van der Waals surface area contributed by atoms with Crippen LogP contribution < -0.4 is 9.64 Å². The predicted molar refractivity (Wildman–Crippen MR) is 197 cm³/mol. The maximum atomic E-state index is 14.4. The van der Waals surface area contributed by atoms with E-state index in [2.05, 4.69) is 51.5 Å². The molecule has 3 heterocycles. The lowest BCUT2D eigenvalue weighted by Gasteiger charge is -2.46. The first-order valence-electron chi connectivity index (χ1n) is 18.2. The third-order valence-electron chi connectivity index (χ3n) is 11.4. The van der Waals surface area contributed by atoms with Crippen LogP contribution in [0.5, 0.6) is 5.75 Å². The summed E-state index contributed by atoms with van der Waals surface area (Å²) in [6, 6.07) is 12.4. The number of hydrogen-bond acceptors (Lipinski definition) is 7. The molecule has 1 aromatic heterocycles. The summed E-state index contributed by atoms with van der Waals surface area (Å²) in [6.45, 7) is 4.33. The SMILES string of the molecule is CO[C@H]1/C=C/CCC[S@@](=O)(CC(=O)CCc2nccn2C)=NC(=O)c2ccc3c(c2)N(C[C@@H]2CC[C@H]21)C[C@@]1(CCCc2cc(C)ccc21)CO3. The Bertz CT molecular complexity index is 1910. The monoisotopic (exact) mass is 698 g/mol. The molecule has 1 spiro atoms. The van der Waals surface area contributed by atoms with Gasteiger partial charge in [-0.15, -0.1) is 0 Å². The van der Waals surface area contributed by atoms with E-state index in [1.165, 1.54) is 16.7 Å². The fourth-order valence-corrected chi connectivity index (χ4v) is 10.5. The van der Waals surface area contributed by atoms with E-state index < -0.39 is 15.6 Å². The zero-order valence-electron chi connectivity index (χ0n) is 29.6. The summed E-state index contributed by atoms with van der Waals surface area (Å²) in [6.07, 6.45) is 15.1. The van der Waals surface area contributed by atoms with Crippen LogP contribution in [0.4, 0.5) is 5.69 Å². The number of ether oxygens (including phenoxy) is 2. The van der Waals surface area contributed by atoms with Gasteiger partial charge in [0.2, 0.25) is 0 Å². The number of nitrogens with zero attached hydrogens (tertiary/aromatic N) is 4. The molecule has 10 heteroatoms. The van der Waals surface area contributed by atoms with Gasteiger partial charge in [0.15, 0.2) is 0 Å². The summed E-state index contributed by atoms with van der Waals surface area (Å²) in [5.74, 6) is 1.55. The van der Waals surface area contributed by atoms with Gasteiger partial charge in [-0.05, 0) is 93.0 Å². The van der Waals surface area contributed by atoms with Crippen molar-refractivity contribution in [1.29, 1.82) is 0 Å². The van der Waals surface area contributed by atoms with Crippen molar-refractivity contribution < 1.29 is 23.3 Å². The Balaban J connectivity index is 1.24. The Hall–Kier alpha value is -3.76. The number of Topliss-reactive ketones (excluding diaryl/α,β-unsaturated/α-hetero) is 1. The van der Waals surface area contributed by atoms with Crippen molar-refractivity contribution >= 4 is 27.1 Å². The average Bonchev–Trinajstić information content (AvgIpc) is 3.43. The predicted octanol–water partition coefficient (Wildman–Crippen LogP) is 6.40. The summed E-state index contributed by atoms with van der Waals surface area (Å²) in [5, 5.41) is 0. The van der Waals surface area contributed by atoms with Crippen LogP contribution in [0.2, 0.25) is 0 Å². The molecule has 1 saturated carbocycles. The number of aromatic nitrogens is 2. The van der Waals surface area contributed by atoms with Crippen LogP contribution in [-0.2, 0) is 44.6 Å². The highest BCUT2D eigenvalue weighted by molar-refractivity contribution is 7.94. The van der Waals surface area contributed by atoms with Crippen LogP contribution in [0.3, 0.4) is 0 Å². The van der Waals surface area contributed by atoms with E-state index in [1.54, 1.807) is 19.4 Å². The molecule has 2 aromatic carbocycles. The standard InChI is InChI=1S/C40H50N4O5S/c1-28-10-15-34-29(22-28)8-7-18-40(34)26-44-24-31-11-14-33(31)36(48-3)9-5-4-6-21-50(47,25-32(45)13-17-38-41-19-20-43(38)2)42-39(46)30-12-16-37(49-27-40)35(44)23-30/h5,9-10,12,15-16,19-20,22-23,31,33,36H,4,6-8,11,13-14,17-18,21,24-27H2,1-3H3/b9-5+/t31-,33+,36-,40-,50+/m0/s1. The normalized spacial score (nSPS) is 28.7. The molecular weight excluding hydrogens is 649 g/mol. The fraction of sp³-hybridized carbons (Fsp3) is 0.525. The third kappa shape index (κ3) is 7.19. The molecule has 1 amide bonds. The van der Waals surface area contributed by atoms with Crippen molar-refractivity contribution in [2.24, 2.45) is 23.2 Å². The Morgan fingerprint density at radius 3 is 2.82 bits per heavy atom. The van der Waals surface area contributed by atoms with E-state index >= 15 is 0 Å². The number of rotatable bonds is 6. The molecule has 3 aromatic rings. The molecule has 4 aliphatic rings. The number of carbonyl (C=O) groups excluding carboxylic acids is 2. The number of amides is 1. The molecule has 50 heavy (non-hydrogen) atoms. The molecule has 2 bridgehead atoms. The lowest BCUT2D eigenvalue weighted by atomic mass is 9.68. The highest BCUT2D eigenvalue weighted by Crippen LogP contribution is 2.47. The van der Waals surface area contributed by atoms with Gasteiger partial charge in [0.1, 0.15) is 17.4 Å². The molecule has 0 N–H and O–H groups in total. The van der Waals surface area contributed by atoms with E-state index in [4.69, 9.17) is 9.47 Å². The van der Waals surface area contributed by atoms with Crippen molar-refractivity contribution in [2.45, 2.75) is 76.2 Å². The fourth-order valence-electron chi connectivity index (χ4n) is 8.56. The van der Waals surface area contributed by atoms with Crippen molar-refractivity contribution in [3.8, 4) is 5.75 Å². The minimum atomic E-state index is -3.16. The lowest BCUT2D eigenvalue weighted by molar-refractivity contribution is -0.116. The second kappa shape index (κ2) is 14.5. The molecule has 0 unspecified atom stereocenters. The maximum absolute atomic E-state index is 14.4. The molecule has 5 atom stereocenters. The lowest BCUT2D eigenvalue weighted by Crippen LogP contribution is -2.49. The van der Waals surface area contributed by atoms with Crippen molar-refractivity contribution in [3.05, 3.63) is 89.0 Å². The highest BCUT2D eigenvalue weighted by Gasteiger charge is 2.44. The molecule has 266 valence electrons. The van der Waals surface area contributed by atoms with Crippen LogP contribution >= 0.6 is 0 Å². The number of fused-ring (bicyclic) bond motifs is 4. The van der Waals surface area contributed by atoms with Gasteiger partial charge in [0.05, 0.1) is 33.9 Å². The van der Waals surface area contributed by atoms with Crippen LogP contribution in [0.1, 0.15) is 77.8 Å². The third-order valence-corrected chi connectivity index (χ3v) is 13.6. The topological polar surface area (TPSA) is 103 Å². The number of carbonyl (C=O) groups is 2. The van der Waals surface area contributed by atoms with E-state index in [1.807, 2.05) is 29.9 Å². The van der Waals surface area contributed by atoms with Crippen molar-refractivity contribution in [2.75, 3.05) is 43.2 Å². The van der Waals surface area contributed by atoms with Crippen molar-refractivity contribution in [3.63, 3.8) is 0 Å². The summed E-state index contributed by atoms with van der Waals surface area (Å²) in [5.41, 5.74) is 5.12. The van der Waals surface area contributed by atoms with E-state index in [0.29, 0.717) is 43.3 Å². The van der Waals surface area contributed by atoms with Crippen molar-refractivity contribution in [1.82, 2.24) is 9.55 Å². The molecule has 9 nitrogen and oxygen atoms in total. The summed E-state index contributed by atoms with van der Waals surface area (Å²) in [4.78, 5) is 33.9. The number of aryl methyl sites for hydroxylation is 4. The van der Waals surface area contributed by atoms with Crippen LogP contribution in [-0.4, -0.2) is 69.9 Å². The van der Waals surface area contributed by atoms with Gasteiger partial charge in [-0.2, -0.15) is 4.36 Å². The number of allylic oxidation sites excluding steroid dienone is 1. The Morgan fingerprint density at radius 1 is 1.16 bits per heavy atom. The van der Waals surface area contributed by atoms with Crippen LogP contribution in [0.15, 0.2) is 65.3 Å². The summed E-state index contributed by atoms with van der Waals surface area (Å²) >= 11 is 0. The van der Waals surface area contributed by atoms with Crippen LogP contribution in [0.25, 0.3) is 0 Å². The minimum Gasteiger partial charge on any atom is -0.490 e. The first-order valence-corrected chi connectivity index (χ1v) is 20.1. The molecule has 7 rings (SSSR count). The number of ketones is 1. The quantitative estimate of drug-likeness (QED) is 0.275. The van der Waals surface area contributed by atoms with Crippen LogP contribution in [0, 0.1) is 18.8 Å². The molecule has 1 fully saturated rings. The second-order valence-corrected chi connectivity index (χ2v) is 17.4. The number of anilines is 1. The van der Waals surface area contributed by atoms with Gasteiger partial charge in [-0.1, -0.05) is 35.9 Å². The number of methoxy groups -OCH3 is 1.